The van der Waals surface area contributed by atoms with Crippen LogP contribution in [0.4, 0.5) is 10.5 Å². The van der Waals surface area contributed by atoms with Gasteiger partial charge in [0, 0.05) is 86.1 Å². The van der Waals surface area contributed by atoms with Crippen LogP contribution in [0.25, 0.3) is 10.9 Å². The summed E-state index contributed by atoms with van der Waals surface area (Å²) in [6.45, 7) is 6.19. The molecule has 1 unspecified atom stereocenters. The van der Waals surface area contributed by atoms with Crippen LogP contribution < -0.4 is 15.0 Å². The summed E-state index contributed by atoms with van der Waals surface area (Å²) in [6.07, 6.45) is 7.45. The number of H-pyrrole nitrogens is 2. The number of carbonyl (C=O) groups excluding carboxylic acids is 4. The van der Waals surface area contributed by atoms with E-state index in [9.17, 15) is 19.2 Å². The van der Waals surface area contributed by atoms with E-state index in [1.54, 1.807) is 19.2 Å². The van der Waals surface area contributed by atoms with Gasteiger partial charge >= 0.3 is 6.09 Å². The lowest BCUT2D eigenvalue weighted by molar-refractivity contribution is -0.212. The molecule has 48 heavy (non-hydrogen) atoms. The molecule has 4 saturated carbocycles. The fourth-order valence-corrected chi connectivity index (χ4v) is 10.3. The number of aromatic amines is 2. The Morgan fingerprint density at radius 1 is 1.06 bits per heavy atom. The molecule has 12 heteroatoms. The fourth-order valence-electron chi connectivity index (χ4n) is 10.0. The highest BCUT2D eigenvalue weighted by atomic mass is 35.5. The minimum absolute atomic E-state index is 0.00221. The predicted molar refractivity (Wildman–Crippen MR) is 180 cm³/mol. The molecule has 3 atom stereocenters. The number of piperidine rings is 1. The van der Waals surface area contributed by atoms with Crippen LogP contribution in [0.3, 0.4) is 0 Å². The zero-order valence-corrected chi connectivity index (χ0v) is 28.3. The molecule has 5 aliphatic carbocycles. The van der Waals surface area contributed by atoms with Crippen molar-refractivity contribution in [2.75, 3.05) is 51.1 Å². The Morgan fingerprint density at radius 2 is 1.77 bits per heavy atom. The minimum Gasteiger partial charge on any atom is -0.408 e. The van der Waals surface area contributed by atoms with E-state index >= 15 is 0 Å². The second-order valence-electron chi connectivity index (χ2n) is 15.2. The van der Waals surface area contributed by atoms with Crippen molar-refractivity contribution in [3.05, 3.63) is 58.2 Å². The number of likely N-dealkylation sites (N-methyl/N-ethyl adjacent to an activating group) is 2. The first-order chi connectivity index (χ1) is 23.0. The quantitative estimate of drug-likeness (QED) is 0.318. The molecule has 11 nitrogen and oxygen atoms in total. The molecular weight excluding hydrogens is 632 g/mol. The third-order valence-corrected chi connectivity index (χ3v) is 12.7. The molecule has 0 radical (unpaired) electrons. The number of aromatic nitrogens is 2. The third-order valence-electron chi connectivity index (χ3n) is 12.4. The smallest absolute Gasteiger partial charge is 0.408 e. The van der Waals surface area contributed by atoms with Gasteiger partial charge in [-0.05, 0) is 74.8 Å². The number of aryl methyl sites for hydroxylation is 2. The second kappa shape index (κ2) is 9.75. The first kappa shape index (κ1) is 30.0. The Balaban J connectivity index is 0.977. The van der Waals surface area contributed by atoms with Gasteiger partial charge in [-0.1, -0.05) is 0 Å². The van der Waals surface area contributed by atoms with Crippen molar-refractivity contribution in [3.63, 3.8) is 0 Å². The molecule has 7 aliphatic rings. The molecule has 3 aromatic rings. The molecule has 2 aromatic heterocycles. The fraction of sp³-hybridized carbons (Fsp3) is 0.500. The number of likely N-dealkylation sites (tertiary alicyclic amines) is 1. The van der Waals surface area contributed by atoms with Crippen LogP contribution in [0.1, 0.15) is 64.3 Å². The van der Waals surface area contributed by atoms with Gasteiger partial charge in [0.15, 0.2) is 5.75 Å². The van der Waals surface area contributed by atoms with Crippen LogP contribution in [0.2, 0.25) is 0 Å². The molecule has 2 aliphatic heterocycles. The van der Waals surface area contributed by atoms with Crippen LogP contribution >= 0.6 is 11.6 Å². The van der Waals surface area contributed by atoms with Gasteiger partial charge in [0.2, 0.25) is 17.6 Å². The number of fused-ring (bicyclic) bond motifs is 4. The molecule has 2 bridgehead atoms. The molecule has 3 amide bonds. The highest BCUT2D eigenvalue weighted by molar-refractivity contribution is 6.19. The number of anilines is 1. The molecular formula is C36H39ClN6O5. The van der Waals surface area contributed by atoms with E-state index in [1.807, 2.05) is 43.1 Å². The number of halogens is 1. The molecule has 250 valence electrons. The monoisotopic (exact) mass is 670 g/mol. The molecule has 5 fully saturated rings. The van der Waals surface area contributed by atoms with E-state index in [0.29, 0.717) is 74.2 Å². The van der Waals surface area contributed by atoms with Crippen molar-refractivity contribution < 1.29 is 23.9 Å². The van der Waals surface area contributed by atoms with Crippen molar-refractivity contribution in [1.82, 2.24) is 25.1 Å². The lowest BCUT2D eigenvalue weighted by Crippen LogP contribution is -2.72. The molecule has 10 rings (SSSR count). The summed E-state index contributed by atoms with van der Waals surface area (Å²) in [5.41, 5.74) is 5.64. The second-order valence-corrected chi connectivity index (χ2v) is 15.5. The summed E-state index contributed by atoms with van der Waals surface area (Å²) in [4.78, 5) is 66.4. The lowest BCUT2D eigenvalue weighted by Gasteiger charge is -2.69. The lowest BCUT2D eigenvalue weighted by atomic mass is 9.34. The molecule has 1 spiro atoms. The average molecular weight is 671 g/mol. The van der Waals surface area contributed by atoms with Gasteiger partial charge in [-0.2, -0.15) is 0 Å². The molecule has 1 aromatic carbocycles. The highest BCUT2D eigenvalue weighted by Gasteiger charge is 2.78. The van der Waals surface area contributed by atoms with E-state index in [-0.39, 0.29) is 28.9 Å². The van der Waals surface area contributed by atoms with E-state index in [1.165, 1.54) is 4.90 Å². The summed E-state index contributed by atoms with van der Waals surface area (Å²) in [6, 6.07) is 1.80. The summed E-state index contributed by atoms with van der Waals surface area (Å²) >= 11 is 6.54. The number of hydrogen-bond donors (Lipinski definition) is 3. The van der Waals surface area contributed by atoms with Crippen LogP contribution in [-0.2, 0) is 15.0 Å². The maximum Gasteiger partial charge on any atom is 0.415 e. The Kier molecular flexibility index (Phi) is 6.10. The number of hydrogen-bond acceptors (Lipinski definition) is 6. The number of nitrogens with zero attached hydrogens (tertiary/aromatic N) is 3. The summed E-state index contributed by atoms with van der Waals surface area (Å²) < 4.78 is 5.92. The topological polar surface area (TPSA) is 131 Å². The van der Waals surface area contributed by atoms with Crippen molar-refractivity contribution in [3.8, 4) is 5.75 Å². The number of amides is 3. The number of ketones is 1. The average Bonchev–Trinajstić information content (AvgIpc) is 3.40. The number of ether oxygens (including phenoxy) is 1. The standard InChI is InChI=1S/C36H39ClN6O5/c1-18-11-40-30-24(48-33(47)41(4)6-5-38-3)7-22-27(26(18)30)20(10-37)13-42(22)31(45)34-15-35(16-34,17-34)32(46)43-14-21-9-36(21)25(43)8-23(44)29-28(36)19(2)12-39-29/h7-8,11-12,20-21,38-40H,5-6,9-10,13-17H2,1-4H3/t20-,21?,34?,35?,36+/m1/s1. The Labute approximate surface area is 283 Å². The van der Waals surface area contributed by atoms with Gasteiger partial charge in [-0.15, -0.1) is 11.6 Å². The van der Waals surface area contributed by atoms with Crippen LogP contribution in [0, 0.1) is 30.6 Å². The van der Waals surface area contributed by atoms with Crippen molar-refractivity contribution in [2.24, 2.45) is 16.7 Å². The van der Waals surface area contributed by atoms with Gasteiger partial charge in [0.05, 0.1) is 27.7 Å². The highest BCUT2D eigenvalue weighted by Crippen LogP contribution is 2.76. The Morgan fingerprint density at radius 3 is 2.48 bits per heavy atom. The molecule has 3 N–H and O–H groups in total. The summed E-state index contributed by atoms with van der Waals surface area (Å²) in [5, 5.41) is 3.96. The van der Waals surface area contributed by atoms with E-state index in [4.69, 9.17) is 16.3 Å². The molecule has 1 saturated heterocycles. The zero-order valence-electron chi connectivity index (χ0n) is 27.6. The Hall–Kier alpha value is -4.09. The van der Waals surface area contributed by atoms with Gasteiger partial charge in [0.25, 0.3) is 0 Å². The SMILES string of the molecule is CNCCN(C)C(=O)Oc1cc2c(c3c(C)c[nH]c13)[C@H](CCl)CN2C(=O)C12CC(C(=O)N3CC4C[C@@]45C3=CC(=O)c3[nH]cc(C)c35)(C1)C2. The van der Waals surface area contributed by atoms with E-state index < -0.39 is 16.9 Å². The first-order valence-electron chi connectivity index (χ1n) is 16.9. The van der Waals surface area contributed by atoms with E-state index in [0.717, 1.165) is 45.4 Å². The third kappa shape index (κ3) is 3.64. The largest absolute Gasteiger partial charge is 0.415 e. The van der Waals surface area contributed by atoms with Crippen molar-refractivity contribution in [1.29, 1.82) is 0 Å². The van der Waals surface area contributed by atoms with Crippen LogP contribution in [0.5, 0.6) is 5.75 Å². The predicted octanol–water partition coefficient (Wildman–Crippen LogP) is 4.48. The number of nitrogens with one attached hydrogen (secondary N) is 3. The van der Waals surface area contributed by atoms with Gasteiger partial charge < -0.3 is 34.7 Å². The number of carbonyl (C=O) groups is 4. The van der Waals surface area contributed by atoms with Crippen molar-refractivity contribution in [2.45, 2.75) is 50.9 Å². The van der Waals surface area contributed by atoms with Gasteiger partial charge in [0.1, 0.15) is 0 Å². The number of benzene rings is 1. The summed E-state index contributed by atoms with van der Waals surface area (Å²) in [5.74, 6) is 0.934. The van der Waals surface area contributed by atoms with Crippen molar-refractivity contribution >= 4 is 51.9 Å². The maximum absolute atomic E-state index is 14.5. The molecule has 4 heterocycles. The normalized spacial score (nSPS) is 30.2. The van der Waals surface area contributed by atoms with E-state index in [2.05, 4.69) is 15.3 Å². The number of alkyl halides is 1. The zero-order chi connectivity index (χ0) is 33.5. The summed E-state index contributed by atoms with van der Waals surface area (Å²) in [7, 11) is 3.52. The number of rotatable bonds is 7. The van der Waals surface area contributed by atoms with Crippen LogP contribution in [-0.4, -0.2) is 89.6 Å². The van der Waals surface area contributed by atoms with Gasteiger partial charge in [-0.25, -0.2) is 4.79 Å². The first-order valence-corrected chi connectivity index (χ1v) is 17.4. The Bertz CT molecular complexity index is 2010. The van der Waals surface area contributed by atoms with Gasteiger partial charge in [-0.3, -0.25) is 14.4 Å². The maximum atomic E-state index is 14.5. The van der Waals surface area contributed by atoms with Crippen LogP contribution in [0.15, 0.2) is 30.2 Å². The minimum atomic E-state index is -0.609. The number of allylic oxidation sites excluding steroid dienone is 2.